The number of hydrazine groups is 1. The Balaban J connectivity index is 2.27. The van der Waals surface area contributed by atoms with Crippen LogP contribution in [-0.2, 0) is 0 Å². The Morgan fingerprint density at radius 2 is 1.83 bits per heavy atom. The molecule has 0 atom stereocenters. The first kappa shape index (κ1) is 12.9. The quantitative estimate of drug-likeness (QED) is 0.505. The zero-order chi connectivity index (χ0) is 13.1. The van der Waals surface area contributed by atoms with E-state index in [0.29, 0.717) is 11.6 Å². The number of aryl methyl sites for hydroxylation is 3. The molecule has 0 bridgehead atoms. The van der Waals surface area contributed by atoms with Crippen LogP contribution in [0.25, 0.3) is 0 Å². The summed E-state index contributed by atoms with van der Waals surface area (Å²) in [6, 6.07) is 8.22. The van der Waals surface area contributed by atoms with Crippen molar-refractivity contribution in [1.29, 1.82) is 0 Å². The maximum Gasteiger partial charge on any atom is 0.144 e. The minimum Gasteiger partial charge on any atom is -0.308 e. The summed E-state index contributed by atoms with van der Waals surface area (Å²) in [5, 5.41) is 0.888. The summed E-state index contributed by atoms with van der Waals surface area (Å²) in [4.78, 5) is 9.72. The van der Waals surface area contributed by atoms with Crippen molar-refractivity contribution in [2.75, 3.05) is 5.43 Å². The van der Waals surface area contributed by atoms with Gasteiger partial charge in [0.25, 0.3) is 0 Å². The number of nitrogens with two attached hydrogens (primary N) is 1. The normalized spacial score (nSPS) is 10.4. The monoisotopic (exact) mass is 260 g/mol. The number of benzene rings is 1. The SMILES string of the molecule is Cc1nc(NN)cc(Sc2ccc(C)c(C)c2)n1. The van der Waals surface area contributed by atoms with Crippen LogP contribution < -0.4 is 11.3 Å². The van der Waals surface area contributed by atoms with E-state index in [4.69, 9.17) is 5.84 Å². The van der Waals surface area contributed by atoms with Gasteiger partial charge < -0.3 is 5.43 Å². The van der Waals surface area contributed by atoms with Crippen LogP contribution in [0, 0.1) is 20.8 Å². The van der Waals surface area contributed by atoms with E-state index in [9.17, 15) is 0 Å². The number of nitrogen functional groups attached to an aromatic ring is 1. The molecular weight excluding hydrogens is 244 g/mol. The molecule has 0 radical (unpaired) electrons. The lowest BCUT2D eigenvalue weighted by Gasteiger charge is -2.07. The zero-order valence-electron chi connectivity index (χ0n) is 10.7. The molecule has 1 heterocycles. The number of hydrogen-bond donors (Lipinski definition) is 2. The number of nitrogens with one attached hydrogen (secondary N) is 1. The Morgan fingerprint density at radius 1 is 1.06 bits per heavy atom. The smallest absolute Gasteiger partial charge is 0.144 e. The van der Waals surface area contributed by atoms with E-state index < -0.39 is 0 Å². The lowest BCUT2D eigenvalue weighted by Crippen LogP contribution is -2.09. The maximum atomic E-state index is 5.38. The van der Waals surface area contributed by atoms with E-state index in [2.05, 4.69) is 47.4 Å². The van der Waals surface area contributed by atoms with Gasteiger partial charge in [-0.15, -0.1) is 0 Å². The molecule has 0 spiro atoms. The lowest BCUT2D eigenvalue weighted by molar-refractivity contribution is 0.964. The summed E-state index contributed by atoms with van der Waals surface area (Å²) in [6.45, 7) is 6.07. The molecule has 2 aromatic rings. The molecule has 18 heavy (non-hydrogen) atoms. The molecule has 0 fully saturated rings. The standard InChI is InChI=1S/C13H16N4S/c1-8-4-5-11(6-9(8)2)18-13-7-12(17-14)15-10(3)16-13/h4-7H,14H2,1-3H3,(H,15,16,17). The number of nitrogens with zero attached hydrogens (tertiary/aromatic N) is 2. The Hall–Kier alpha value is -1.59. The molecule has 0 aliphatic rings. The zero-order valence-corrected chi connectivity index (χ0v) is 11.5. The van der Waals surface area contributed by atoms with Crippen LogP contribution in [0.5, 0.6) is 0 Å². The summed E-state index contributed by atoms with van der Waals surface area (Å²) in [6.07, 6.45) is 0. The molecule has 0 saturated heterocycles. The van der Waals surface area contributed by atoms with E-state index in [1.165, 1.54) is 16.0 Å². The molecule has 0 aliphatic heterocycles. The van der Waals surface area contributed by atoms with Gasteiger partial charge in [0, 0.05) is 11.0 Å². The molecule has 3 N–H and O–H groups in total. The van der Waals surface area contributed by atoms with Crippen LogP contribution in [0.15, 0.2) is 34.2 Å². The lowest BCUT2D eigenvalue weighted by atomic mass is 10.1. The van der Waals surface area contributed by atoms with Crippen LogP contribution in [0.3, 0.4) is 0 Å². The third-order valence-electron chi connectivity index (χ3n) is 2.66. The summed E-state index contributed by atoms with van der Waals surface area (Å²) in [5.74, 6) is 6.71. The molecule has 4 nitrogen and oxygen atoms in total. The molecule has 5 heteroatoms. The highest BCUT2D eigenvalue weighted by Crippen LogP contribution is 2.28. The predicted molar refractivity (Wildman–Crippen MR) is 74.6 cm³/mol. The van der Waals surface area contributed by atoms with E-state index in [1.807, 2.05) is 13.0 Å². The highest BCUT2D eigenvalue weighted by atomic mass is 32.2. The molecule has 2 rings (SSSR count). The Labute approximate surface area is 111 Å². The van der Waals surface area contributed by atoms with E-state index >= 15 is 0 Å². The highest BCUT2D eigenvalue weighted by Gasteiger charge is 2.04. The largest absolute Gasteiger partial charge is 0.308 e. The van der Waals surface area contributed by atoms with Gasteiger partial charge in [-0.3, -0.25) is 0 Å². The molecule has 0 saturated carbocycles. The first-order valence-electron chi connectivity index (χ1n) is 5.66. The molecule has 1 aromatic heterocycles. The molecule has 1 aromatic carbocycles. The fourth-order valence-corrected chi connectivity index (χ4v) is 2.53. The van der Waals surface area contributed by atoms with Crippen LogP contribution in [0.2, 0.25) is 0 Å². The fourth-order valence-electron chi connectivity index (χ4n) is 1.56. The number of rotatable bonds is 3. The van der Waals surface area contributed by atoms with Crippen molar-refractivity contribution >= 4 is 17.6 Å². The summed E-state index contributed by atoms with van der Waals surface area (Å²) in [7, 11) is 0. The first-order chi connectivity index (χ1) is 8.58. The minimum atomic E-state index is 0.633. The maximum absolute atomic E-state index is 5.38. The van der Waals surface area contributed by atoms with Crippen molar-refractivity contribution in [2.45, 2.75) is 30.7 Å². The van der Waals surface area contributed by atoms with Crippen molar-refractivity contribution in [3.05, 3.63) is 41.2 Å². The molecule has 0 aliphatic carbocycles. The van der Waals surface area contributed by atoms with Crippen LogP contribution in [0.4, 0.5) is 5.82 Å². The summed E-state index contributed by atoms with van der Waals surface area (Å²) < 4.78 is 0. The van der Waals surface area contributed by atoms with Gasteiger partial charge in [0.15, 0.2) is 0 Å². The number of aromatic nitrogens is 2. The summed E-state index contributed by atoms with van der Waals surface area (Å²) in [5.41, 5.74) is 5.12. The van der Waals surface area contributed by atoms with Gasteiger partial charge in [0.2, 0.25) is 0 Å². The van der Waals surface area contributed by atoms with E-state index in [0.717, 1.165) is 5.03 Å². The van der Waals surface area contributed by atoms with Gasteiger partial charge in [-0.1, -0.05) is 17.8 Å². The third kappa shape index (κ3) is 3.00. The second kappa shape index (κ2) is 5.37. The number of hydrogen-bond acceptors (Lipinski definition) is 5. The molecular formula is C13H16N4S. The Kier molecular flexibility index (Phi) is 3.84. The molecule has 0 unspecified atom stereocenters. The number of anilines is 1. The fraction of sp³-hybridized carbons (Fsp3) is 0.231. The van der Waals surface area contributed by atoms with Gasteiger partial charge in [0.1, 0.15) is 16.7 Å². The average Bonchev–Trinajstić information content (AvgIpc) is 2.33. The van der Waals surface area contributed by atoms with Crippen molar-refractivity contribution in [3.8, 4) is 0 Å². The van der Waals surface area contributed by atoms with E-state index in [-0.39, 0.29) is 0 Å². The highest BCUT2D eigenvalue weighted by molar-refractivity contribution is 7.99. The van der Waals surface area contributed by atoms with Crippen molar-refractivity contribution in [2.24, 2.45) is 5.84 Å². The van der Waals surface area contributed by atoms with Gasteiger partial charge in [-0.2, -0.15) is 0 Å². The minimum absolute atomic E-state index is 0.633. The van der Waals surface area contributed by atoms with Gasteiger partial charge in [0.05, 0.1) is 0 Å². The Bertz CT molecular complexity index is 569. The summed E-state index contributed by atoms with van der Waals surface area (Å²) >= 11 is 1.61. The average molecular weight is 260 g/mol. The van der Waals surface area contributed by atoms with Gasteiger partial charge in [-0.25, -0.2) is 15.8 Å². The predicted octanol–water partition coefficient (Wildman–Crippen LogP) is 2.84. The van der Waals surface area contributed by atoms with Gasteiger partial charge >= 0.3 is 0 Å². The third-order valence-corrected chi connectivity index (χ3v) is 3.57. The van der Waals surface area contributed by atoms with Crippen LogP contribution >= 0.6 is 11.8 Å². The van der Waals surface area contributed by atoms with Crippen LogP contribution in [0.1, 0.15) is 17.0 Å². The van der Waals surface area contributed by atoms with Crippen molar-refractivity contribution < 1.29 is 0 Å². The van der Waals surface area contributed by atoms with Gasteiger partial charge in [-0.05, 0) is 44.0 Å². The topological polar surface area (TPSA) is 63.8 Å². The second-order valence-electron chi connectivity index (χ2n) is 4.13. The van der Waals surface area contributed by atoms with Crippen molar-refractivity contribution in [1.82, 2.24) is 9.97 Å². The first-order valence-corrected chi connectivity index (χ1v) is 6.47. The molecule has 0 amide bonds. The van der Waals surface area contributed by atoms with Crippen molar-refractivity contribution in [3.63, 3.8) is 0 Å². The van der Waals surface area contributed by atoms with Crippen LogP contribution in [-0.4, -0.2) is 9.97 Å². The molecule has 94 valence electrons. The van der Waals surface area contributed by atoms with E-state index in [1.54, 1.807) is 11.8 Å². The Morgan fingerprint density at radius 3 is 2.50 bits per heavy atom. The second-order valence-corrected chi connectivity index (χ2v) is 5.22.